The molecular weight excluding hydrogens is 326 g/mol. The highest BCUT2D eigenvalue weighted by Crippen LogP contribution is 2.21. The predicted octanol–water partition coefficient (Wildman–Crippen LogP) is 2.40. The first-order valence-corrected chi connectivity index (χ1v) is 8.19. The summed E-state index contributed by atoms with van der Waals surface area (Å²) < 4.78 is 0. The zero-order chi connectivity index (χ0) is 16.9. The fraction of sp³-hybridized carbons (Fsp3) is 0.278. The van der Waals surface area contributed by atoms with Gasteiger partial charge in [-0.3, -0.25) is 14.6 Å². The van der Waals surface area contributed by atoms with Gasteiger partial charge in [-0.05, 0) is 29.8 Å². The molecule has 2 heterocycles. The van der Waals surface area contributed by atoms with Crippen LogP contribution in [-0.2, 0) is 22.7 Å². The highest BCUT2D eigenvalue weighted by molar-refractivity contribution is 6.30. The highest BCUT2D eigenvalue weighted by Gasteiger charge is 2.34. The number of rotatable bonds is 5. The summed E-state index contributed by atoms with van der Waals surface area (Å²) in [6.07, 6.45) is 1.94. The lowest BCUT2D eigenvalue weighted by molar-refractivity contribution is -0.129. The molecule has 1 unspecified atom stereocenters. The van der Waals surface area contributed by atoms with Crippen LogP contribution in [0.5, 0.6) is 0 Å². The summed E-state index contributed by atoms with van der Waals surface area (Å²) in [4.78, 5) is 30.3. The molecule has 6 heteroatoms. The van der Waals surface area contributed by atoms with E-state index < -0.39 is 0 Å². The van der Waals surface area contributed by atoms with E-state index in [-0.39, 0.29) is 24.2 Å². The van der Waals surface area contributed by atoms with Crippen LogP contribution in [0.1, 0.15) is 17.7 Å². The predicted molar refractivity (Wildman–Crippen MR) is 91.1 cm³/mol. The van der Waals surface area contributed by atoms with Crippen molar-refractivity contribution in [2.75, 3.05) is 6.54 Å². The molecule has 1 aliphatic heterocycles. The van der Waals surface area contributed by atoms with E-state index in [1.807, 2.05) is 30.3 Å². The normalized spacial score (nSPS) is 17.1. The van der Waals surface area contributed by atoms with Crippen LogP contribution >= 0.6 is 11.6 Å². The quantitative estimate of drug-likeness (QED) is 0.906. The van der Waals surface area contributed by atoms with Crippen molar-refractivity contribution in [2.24, 2.45) is 5.92 Å². The summed E-state index contributed by atoms with van der Waals surface area (Å²) in [7, 11) is 0. The van der Waals surface area contributed by atoms with Gasteiger partial charge in [0.25, 0.3) is 0 Å². The molecule has 1 aromatic heterocycles. The second-order valence-electron chi connectivity index (χ2n) is 5.84. The zero-order valence-corrected chi connectivity index (χ0v) is 13.9. The molecule has 0 spiro atoms. The Morgan fingerprint density at radius 2 is 2.04 bits per heavy atom. The van der Waals surface area contributed by atoms with Crippen LogP contribution in [0.25, 0.3) is 0 Å². The minimum Gasteiger partial charge on any atom is -0.350 e. The van der Waals surface area contributed by atoms with Gasteiger partial charge in [0, 0.05) is 30.7 Å². The van der Waals surface area contributed by atoms with E-state index in [4.69, 9.17) is 11.6 Å². The van der Waals surface area contributed by atoms with E-state index in [0.29, 0.717) is 24.7 Å². The third-order valence-electron chi connectivity index (χ3n) is 4.04. The van der Waals surface area contributed by atoms with Crippen LogP contribution in [0.4, 0.5) is 0 Å². The van der Waals surface area contributed by atoms with Crippen molar-refractivity contribution in [3.8, 4) is 0 Å². The molecule has 1 aliphatic rings. The molecule has 2 aromatic rings. The van der Waals surface area contributed by atoms with Crippen LogP contribution in [-0.4, -0.2) is 28.2 Å². The van der Waals surface area contributed by atoms with Gasteiger partial charge in [-0.15, -0.1) is 0 Å². The molecular formula is C18H18ClN3O2. The Balaban J connectivity index is 1.53. The van der Waals surface area contributed by atoms with E-state index in [0.717, 1.165) is 11.3 Å². The Labute approximate surface area is 145 Å². The van der Waals surface area contributed by atoms with Gasteiger partial charge in [0.1, 0.15) is 0 Å². The number of pyridine rings is 1. The van der Waals surface area contributed by atoms with Gasteiger partial charge >= 0.3 is 0 Å². The number of aromatic nitrogens is 1. The van der Waals surface area contributed by atoms with Crippen molar-refractivity contribution in [3.63, 3.8) is 0 Å². The van der Waals surface area contributed by atoms with Gasteiger partial charge in [-0.2, -0.15) is 0 Å². The van der Waals surface area contributed by atoms with E-state index in [1.165, 1.54) is 0 Å². The number of carbonyl (C=O) groups is 2. The second kappa shape index (κ2) is 7.45. The number of likely N-dealkylation sites (tertiary alicyclic amines) is 1. The van der Waals surface area contributed by atoms with Crippen LogP contribution < -0.4 is 5.32 Å². The molecule has 1 fully saturated rings. The molecule has 1 N–H and O–H groups in total. The molecule has 1 saturated heterocycles. The molecule has 1 atom stereocenters. The average molecular weight is 344 g/mol. The molecule has 0 aliphatic carbocycles. The van der Waals surface area contributed by atoms with Gasteiger partial charge in [0.15, 0.2) is 0 Å². The summed E-state index contributed by atoms with van der Waals surface area (Å²) in [5, 5.41) is 3.52. The third-order valence-corrected chi connectivity index (χ3v) is 4.29. The van der Waals surface area contributed by atoms with Crippen molar-refractivity contribution in [1.29, 1.82) is 0 Å². The number of carbonyl (C=O) groups excluding carboxylic acids is 2. The fourth-order valence-electron chi connectivity index (χ4n) is 2.74. The SMILES string of the molecule is O=C(NCc1ccccn1)C1CC(=O)N(Cc2ccc(Cl)cc2)C1. The Morgan fingerprint density at radius 1 is 1.25 bits per heavy atom. The van der Waals surface area contributed by atoms with Crippen LogP contribution in [0.15, 0.2) is 48.7 Å². The molecule has 0 radical (unpaired) electrons. The highest BCUT2D eigenvalue weighted by atomic mass is 35.5. The molecule has 5 nitrogen and oxygen atoms in total. The third kappa shape index (κ3) is 4.11. The van der Waals surface area contributed by atoms with Crippen molar-refractivity contribution in [1.82, 2.24) is 15.2 Å². The largest absolute Gasteiger partial charge is 0.350 e. The Bertz CT molecular complexity index is 719. The Morgan fingerprint density at radius 3 is 2.75 bits per heavy atom. The average Bonchev–Trinajstić information content (AvgIpc) is 2.96. The fourth-order valence-corrected chi connectivity index (χ4v) is 2.86. The molecule has 2 amide bonds. The van der Waals surface area contributed by atoms with Crippen molar-refractivity contribution in [3.05, 3.63) is 64.9 Å². The summed E-state index contributed by atoms with van der Waals surface area (Å²) in [5.41, 5.74) is 1.80. The standard InChI is InChI=1S/C18H18ClN3O2/c19-15-6-4-13(5-7-15)11-22-12-14(9-17(22)23)18(24)21-10-16-3-1-2-8-20-16/h1-8,14H,9-12H2,(H,21,24). The van der Waals surface area contributed by atoms with Crippen LogP contribution in [0, 0.1) is 5.92 Å². The first-order valence-electron chi connectivity index (χ1n) is 7.81. The Hall–Kier alpha value is -2.40. The maximum absolute atomic E-state index is 12.3. The number of nitrogens with zero attached hydrogens (tertiary/aromatic N) is 2. The van der Waals surface area contributed by atoms with Crippen LogP contribution in [0.3, 0.4) is 0 Å². The lowest BCUT2D eigenvalue weighted by Crippen LogP contribution is -2.32. The first kappa shape index (κ1) is 16.5. The topological polar surface area (TPSA) is 62.3 Å². The number of hydrogen-bond donors (Lipinski definition) is 1. The number of benzene rings is 1. The maximum atomic E-state index is 12.3. The molecule has 0 bridgehead atoms. The van der Waals surface area contributed by atoms with Crippen molar-refractivity contribution in [2.45, 2.75) is 19.5 Å². The van der Waals surface area contributed by atoms with E-state index in [1.54, 1.807) is 23.2 Å². The molecule has 1 aromatic carbocycles. The molecule has 0 saturated carbocycles. The van der Waals surface area contributed by atoms with Crippen molar-refractivity contribution < 1.29 is 9.59 Å². The molecule has 24 heavy (non-hydrogen) atoms. The number of hydrogen-bond acceptors (Lipinski definition) is 3. The summed E-state index contributed by atoms with van der Waals surface area (Å²) in [6.45, 7) is 1.32. The van der Waals surface area contributed by atoms with Crippen LogP contribution in [0.2, 0.25) is 5.02 Å². The zero-order valence-electron chi connectivity index (χ0n) is 13.1. The number of nitrogens with one attached hydrogen (secondary N) is 1. The smallest absolute Gasteiger partial charge is 0.225 e. The van der Waals surface area contributed by atoms with E-state index >= 15 is 0 Å². The van der Waals surface area contributed by atoms with Gasteiger partial charge in [-0.1, -0.05) is 29.8 Å². The number of amides is 2. The van der Waals surface area contributed by atoms with Gasteiger partial charge in [0.05, 0.1) is 18.2 Å². The maximum Gasteiger partial charge on any atom is 0.225 e. The van der Waals surface area contributed by atoms with Gasteiger partial charge < -0.3 is 10.2 Å². The second-order valence-corrected chi connectivity index (χ2v) is 6.28. The lowest BCUT2D eigenvalue weighted by Gasteiger charge is -2.16. The first-order chi connectivity index (χ1) is 11.6. The van der Waals surface area contributed by atoms with E-state index in [2.05, 4.69) is 10.3 Å². The Kier molecular flexibility index (Phi) is 5.11. The lowest BCUT2D eigenvalue weighted by atomic mass is 10.1. The van der Waals surface area contributed by atoms with Gasteiger partial charge in [-0.25, -0.2) is 0 Å². The van der Waals surface area contributed by atoms with Gasteiger partial charge in [0.2, 0.25) is 11.8 Å². The minimum atomic E-state index is -0.312. The van der Waals surface area contributed by atoms with Crippen molar-refractivity contribution >= 4 is 23.4 Å². The van der Waals surface area contributed by atoms with E-state index in [9.17, 15) is 9.59 Å². The summed E-state index contributed by atoms with van der Waals surface area (Å²) >= 11 is 5.87. The number of halogens is 1. The summed E-state index contributed by atoms with van der Waals surface area (Å²) in [6, 6.07) is 12.9. The molecule has 3 rings (SSSR count). The summed E-state index contributed by atoms with van der Waals surface area (Å²) in [5.74, 6) is -0.413. The minimum absolute atomic E-state index is 0.00272. The molecule has 124 valence electrons. The monoisotopic (exact) mass is 343 g/mol.